The first-order chi connectivity index (χ1) is 15.9. The maximum atomic E-state index is 13.3. The lowest BCUT2D eigenvalue weighted by atomic mass is 10.00. The van der Waals surface area contributed by atoms with Crippen LogP contribution < -0.4 is 10.8 Å². The molecule has 1 aliphatic heterocycles. The van der Waals surface area contributed by atoms with Gasteiger partial charge in [0.25, 0.3) is 5.69 Å². The van der Waals surface area contributed by atoms with E-state index in [0.717, 1.165) is 6.07 Å². The molecule has 0 saturated heterocycles. The van der Waals surface area contributed by atoms with Crippen molar-refractivity contribution in [1.29, 1.82) is 0 Å². The standard InChI is InChI=1S/C22H15ClFN5O4/c23-18-7-2-1-6-16(18)21-17-11-15(29(31)32)8-9-19(17)27-20(12-25-21)28-33-22(30)26-14-5-3-4-13(24)10-14/h1-11H,12H2,(H,26,30)(H,27,28). The van der Waals surface area contributed by atoms with Crippen molar-refractivity contribution in [3.8, 4) is 0 Å². The van der Waals surface area contributed by atoms with Crippen molar-refractivity contribution >= 4 is 46.3 Å². The molecule has 2 N–H and O–H groups in total. The van der Waals surface area contributed by atoms with Gasteiger partial charge < -0.3 is 4.84 Å². The number of anilines is 1. The lowest BCUT2D eigenvalue weighted by molar-refractivity contribution is -0.384. The Balaban J connectivity index is 1.60. The molecule has 0 unspecified atom stereocenters. The molecular formula is C22H15ClFN5O4. The van der Waals surface area contributed by atoms with Crippen LogP contribution in [0.15, 0.2) is 76.7 Å². The topological polar surface area (TPSA) is 118 Å². The van der Waals surface area contributed by atoms with Gasteiger partial charge in [0, 0.05) is 34.0 Å². The number of amidine groups is 1. The van der Waals surface area contributed by atoms with Crippen LogP contribution in [-0.4, -0.2) is 29.1 Å². The molecule has 11 heteroatoms. The van der Waals surface area contributed by atoms with Gasteiger partial charge in [-0.05, 0) is 30.3 Å². The quantitative estimate of drug-likeness (QED) is 0.414. The zero-order valence-electron chi connectivity index (χ0n) is 16.8. The molecule has 0 aliphatic carbocycles. The van der Waals surface area contributed by atoms with Gasteiger partial charge in [-0.15, -0.1) is 0 Å². The second kappa shape index (κ2) is 9.45. The lowest BCUT2D eigenvalue weighted by Crippen LogP contribution is -2.31. The van der Waals surface area contributed by atoms with Crippen molar-refractivity contribution in [1.82, 2.24) is 5.48 Å². The van der Waals surface area contributed by atoms with Crippen molar-refractivity contribution in [3.05, 3.63) is 98.8 Å². The number of hydrogen-bond acceptors (Lipinski definition) is 7. The van der Waals surface area contributed by atoms with E-state index in [-0.39, 0.29) is 23.8 Å². The molecule has 3 aromatic carbocycles. The maximum absolute atomic E-state index is 13.3. The Kier molecular flexibility index (Phi) is 6.27. The van der Waals surface area contributed by atoms with Gasteiger partial charge in [-0.3, -0.25) is 20.4 Å². The van der Waals surface area contributed by atoms with E-state index in [9.17, 15) is 19.3 Å². The first-order valence-electron chi connectivity index (χ1n) is 9.56. The molecule has 0 bridgehead atoms. The minimum absolute atomic E-state index is 0.0315. The van der Waals surface area contributed by atoms with Crippen molar-refractivity contribution in [2.75, 3.05) is 11.9 Å². The van der Waals surface area contributed by atoms with Crippen LogP contribution in [0.25, 0.3) is 0 Å². The van der Waals surface area contributed by atoms with Crippen LogP contribution in [0.3, 0.4) is 0 Å². The van der Waals surface area contributed by atoms with E-state index in [1.54, 1.807) is 24.3 Å². The molecule has 0 saturated carbocycles. The minimum atomic E-state index is -0.897. The van der Waals surface area contributed by atoms with Gasteiger partial charge in [0.15, 0.2) is 5.84 Å². The Hall–Kier alpha value is -4.31. The molecule has 3 aromatic rings. The first-order valence-corrected chi connectivity index (χ1v) is 9.93. The first kappa shape index (κ1) is 21.9. The minimum Gasteiger partial charge on any atom is -0.323 e. The Morgan fingerprint density at radius 1 is 1.09 bits per heavy atom. The summed E-state index contributed by atoms with van der Waals surface area (Å²) in [4.78, 5) is 36.7. The Morgan fingerprint density at radius 3 is 2.67 bits per heavy atom. The van der Waals surface area contributed by atoms with Crippen LogP contribution in [0.1, 0.15) is 11.1 Å². The van der Waals surface area contributed by atoms with Crippen molar-refractivity contribution in [3.63, 3.8) is 0 Å². The summed E-state index contributed by atoms with van der Waals surface area (Å²) in [5.41, 5.74) is 4.26. The summed E-state index contributed by atoms with van der Waals surface area (Å²) in [7, 11) is 0. The molecule has 0 spiro atoms. The highest BCUT2D eigenvalue weighted by Crippen LogP contribution is 2.31. The van der Waals surface area contributed by atoms with E-state index in [2.05, 4.69) is 20.8 Å². The summed E-state index contributed by atoms with van der Waals surface area (Å²) in [5.74, 6) is -0.345. The van der Waals surface area contributed by atoms with E-state index in [0.29, 0.717) is 27.5 Å². The number of hydroxylamine groups is 1. The molecule has 0 aromatic heterocycles. The smallest absolute Gasteiger partial charge is 0.323 e. The van der Waals surface area contributed by atoms with E-state index in [4.69, 9.17) is 16.4 Å². The van der Waals surface area contributed by atoms with Gasteiger partial charge in [0.2, 0.25) is 0 Å². The van der Waals surface area contributed by atoms with Gasteiger partial charge in [-0.25, -0.2) is 19.7 Å². The second-order valence-corrected chi connectivity index (χ2v) is 7.20. The number of hydrogen-bond donors (Lipinski definition) is 2. The number of carbonyl (C=O) groups is 1. The van der Waals surface area contributed by atoms with Crippen LogP contribution in [0.4, 0.5) is 26.2 Å². The lowest BCUT2D eigenvalue weighted by Gasteiger charge is -2.09. The van der Waals surface area contributed by atoms with E-state index < -0.39 is 16.8 Å². The predicted molar refractivity (Wildman–Crippen MR) is 122 cm³/mol. The van der Waals surface area contributed by atoms with Crippen molar-refractivity contribution in [2.24, 2.45) is 9.98 Å². The normalized spacial score (nSPS) is 12.5. The highest BCUT2D eigenvalue weighted by atomic mass is 35.5. The molecule has 0 atom stereocenters. The number of benzene rings is 3. The molecule has 1 aliphatic rings. The third-order valence-corrected chi connectivity index (χ3v) is 4.88. The number of halogens is 2. The van der Waals surface area contributed by atoms with E-state index >= 15 is 0 Å². The van der Waals surface area contributed by atoms with Crippen LogP contribution >= 0.6 is 11.6 Å². The third-order valence-electron chi connectivity index (χ3n) is 4.55. The zero-order valence-corrected chi connectivity index (χ0v) is 17.5. The number of rotatable bonds is 3. The number of fused-ring (bicyclic) bond motifs is 1. The highest BCUT2D eigenvalue weighted by Gasteiger charge is 2.21. The molecule has 1 heterocycles. The van der Waals surface area contributed by atoms with Gasteiger partial charge in [-0.2, -0.15) is 0 Å². The molecule has 9 nitrogen and oxygen atoms in total. The van der Waals surface area contributed by atoms with Crippen LogP contribution in [0.5, 0.6) is 0 Å². The molecule has 33 heavy (non-hydrogen) atoms. The molecule has 166 valence electrons. The summed E-state index contributed by atoms with van der Waals surface area (Å²) in [6, 6.07) is 16.4. The molecule has 0 radical (unpaired) electrons. The summed E-state index contributed by atoms with van der Waals surface area (Å²) in [5, 5.41) is 14.1. The largest absolute Gasteiger partial charge is 0.435 e. The summed E-state index contributed by atoms with van der Waals surface area (Å²) >= 11 is 6.33. The number of nitrogens with one attached hydrogen (secondary N) is 2. The van der Waals surface area contributed by atoms with Crippen LogP contribution in [0, 0.1) is 15.9 Å². The Morgan fingerprint density at radius 2 is 1.91 bits per heavy atom. The molecular weight excluding hydrogens is 453 g/mol. The predicted octanol–water partition coefficient (Wildman–Crippen LogP) is 5.02. The Bertz CT molecular complexity index is 1310. The van der Waals surface area contributed by atoms with Crippen molar-refractivity contribution < 1.29 is 18.9 Å². The summed E-state index contributed by atoms with van der Waals surface area (Å²) in [6.07, 6.45) is -0.897. The van der Waals surface area contributed by atoms with Gasteiger partial charge in [0.1, 0.15) is 12.4 Å². The Labute approximate surface area is 191 Å². The fourth-order valence-electron chi connectivity index (χ4n) is 3.10. The average molecular weight is 468 g/mol. The SMILES string of the molecule is O=C(Nc1cccc(F)c1)ONC1=Nc2ccc([N+](=O)[O-])cc2C(c2ccccc2Cl)=NC1. The number of carbonyl (C=O) groups excluding carboxylic acids is 1. The number of amides is 1. The summed E-state index contributed by atoms with van der Waals surface area (Å²) < 4.78 is 13.3. The zero-order chi connectivity index (χ0) is 23.4. The average Bonchev–Trinajstić information content (AvgIpc) is 2.97. The molecule has 4 rings (SSSR count). The monoisotopic (exact) mass is 467 g/mol. The van der Waals surface area contributed by atoms with Gasteiger partial charge >= 0.3 is 6.09 Å². The molecule has 0 fully saturated rings. The summed E-state index contributed by atoms with van der Waals surface area (Å²) in [6.45, 7) is -0.0315. The highest BCUT2D eigenvalue weighted by molar-refractivity contribution is 6.36. The number of nitrogens with zero attached hydrogens (tertiary/aromatic N) is 3. The van der Waals surface area contributed by atoms with Crippen molar-refractivity contribution in [2.45, 2.75) is 0 Å². The number of aliphatic imine (C=N–C) groups is 2. The number of nitro groups is 1. The van der Waals surface area contributed by atoms with E-state index in [1.807, 2.05) is 0 Å². The number of non-ortho nitro benzene ring substituents is 1. The second-order valence-electron chi connectivity index (χ2n) is 6.79. The third kappa shape index (κ3) is 5.13. The van der Waals surface area contributed by atoms with Crippen LogP contribution in [-0.2, 0) is 4.84 Å². The number of nitro benzene ring substituents is 1. The van der Waals surface area contributed by atoms with Gasteiger partial charge in [-0.1, -0.05) is 35.9 Å². The molecule has 1 amide bonds. The maximum Gasteiger partial charge on any atom is 0.435 e. The fourth-order valence-corrected chi connectivity index (χ4v) is 3.32. The van der Waals surface area contributed by atoms with Gasteiger partial charge in [0.05, 0.1) is 16.3 Å². The fraction of sp³-hybridized carbons (Fsp3) is 0.0455. The van der Waals surface area contributed by atoms with Crippen LogP contribution in [0.2, 0.25) is 5.02 Å². The van der Waals surface area contributed by atoms with E-state index in [1.165, 1.54) is 36.4 Å².